The molecule has 3 heteroatoms. The number of rotatable bonds is 2. The van der Waals surface area contributed by atoms with Crippen LogP contribution < -0.4 is 11.5 Å². The first-order valence-corrected chi connectivity index (χ1v) is 9.87. The van der Waals surface area contributed by atoms with Crippen LogP contribution in [0.5, 0.6) is 0 Å². The van der Waals surface area contributed by atoms with Gasteiger partial charge < -0.3 is 16.6 Å². The van der Waals surface area contributed by atoms with Crippen LogP contribution >= 0.6 is 0 Å². The van der Waals surface area contributed by atoms with Crippen molar-refractivity contribution < 1.29 is 5.11 Å². The molecule has 0 amide bonds. The van der Waals surface area contributed by atoms with Crippen LogP contribution in [0, 0.1) is 23.2 Å². The molecule has 0 aromatic heterocycles. The van der Waals surface area contributed by atoms with Gasteiger partial charge >= 0.3 is 0 Å². The average Bonchev–Trinajstić information content (AvgIpc) is 2.63. The van der Waals surface area contributed by atoms with Gasteiger partial charge in [-0.05, 0) is 97.1 Å². The number of aliphatic hydroxyl groups excluding tert-OH is 1. The fraction of sp³-hybridized carbons (Fsp3) is 0.478. The van der Waals surface area contributed by atoms with Crippen LogP contribution in [0.1, 0.15) is 38.5 Å². The molecule has 3 nitrogen and oxygen atoms in total. The van der Waals surface area contributed by atoms with Crippen LogP contribution in [-0.4, -0.2) is 11.7 Å². The van der Waals surface area contributed by atoms with Gasteiger partial charge in [-0.25, -0.2) is 0 Å². The fourth-order valence-corrected chi connectivity index (χ4v) is 5.83. The van der Waals surface area contributed by atoms with Gasteiger partial charge in [0, 0.05) is 18.0 Å². The van der Waals surface area contributed by atoms with Crippen LogP contribution in [0.25, 0.3) is 11.1 Å². The third-order valence-electron chi connectivity index (χ3n) is 6.66. The van der Waals surface area contributed by atoms with Gasteiger partial charge in [0.1, 0.15) is 0 Å². The number of nitrogen functional groups attached to an aromatic ring is 2. The Morgan fingerprint density at radius 1 is 0.692 bits per heavy atom. The summed E-state index contributed by atoms with van der Waals surface area (Å²) >= 11 is 0. The molecule has 0 atom stereocenters. The molecule has 0 unspecified atom stereocenters. The first kappa shape index (κ1) is 17.4. The van der Waals surface area contributed by atoms with Gasteiger partial charge in [0.2, 0.25) is 0 Å². The van der Waals surface area contributed by atoms with Gasteiger partial charge in [0.05, 0.1) is 0 Å². The topological polar surface area (TPSA) is 72.3 Å². The first-order chi connectivity index (χ1) is 12.5. The molecule has 4 aliphatic rings. The van der Waals surface area contributed by atoms with Crippen molar-refractivity contribution in [3.05, 3.63) is 48.5 Å². The SMILES string of the molecule is Nc1ccc(-c2ccc(N)cc2)cc1.OCC12CC3CC(CC(C3)C1)C2. The smallest absolute Gasteiger partial charge is 0.0487 e. The summed E-state index contributed by atoms with van der Waals surface area (Å²) in [4.78, 5) is 0. The molecule has 4 bridgehead atoms. The van der Waals surface area contributed by atoms with Gasteiger partial charge in [0.25, 0.3) is 0 Å². The molecule has 2 aromatic rings. The Bertz CT molecular complexity index is 657. The lowest BCUT2D eigenvalue weighted by Crippen LogP contribution is -2.47. The van der Waals surface area contributed by atoms with E-state index in [0.717, 1.165) is 40.3 Å². The van der Waals surface area contributed by atoms with Crippen molar-refractivity contribution in [2.75, 3.05) is 18.1 Å². The Morgan fingerprint density at radius 3 is 1.35 bits per heavy atom. The third-order valence-corrected chi connectivity index (χ3v) is 6.66. The predicted molar refractivity (Wildman–Crippen MR) is 108 cm³/mol. The van der Waals surface area contributed by atoms with Crippen LogP contribution in [-0.2, 0) is 0 Å². The highest BCUT2D eigenvalue weighted by Crippen LogP contribution is 2.59. The minimum atomic E-state index is 0.398. The van der Waals surface area contributed by atoms with E-state index in [4.69, 9.17) is 11.5 Å². The molecular formula is C23H30N2O. The zero-order valence-electron chi connectivity index (χ0n) is 15.4. The Balaban J connectivity index is 0.000000130. The molecular weight excluding hydrogens is 320 g/mol. The van der Waals surface area contributed by atoms with Gasteiger partial charge in [-0.1, -0.05) is 24.3 Å². The minimum Gasteiger partial charge on any atom is -0.399 e. The van der Waals surface area contributed by atoms with Crippen LogP contribution in [0.3, 0.4) is 0 Å². The maximum Gasteiger partial charge on any atom is 0.0487 e. The van der Waals surface area contributed by atoms with E-state index >= 15 is 0 Å². The molecule has 4 aliphatic carbocycles. The van der Waals surface area contributed by atoms with Crippen LogP contribution in [0.4, 0.5) is 11.4 Å². The Hall–Kier alpha value is -2.00. The number of benzene rings is 2. The summed E-state index contributed by atoms with van der Waals surface area (Å²) in [6.45, 7) is 0.469. The lowest BCUT2D eigenvalue weighted by atomic mass is 9.50. The van der Waals surface area contributed by atoms with E-state index in [9.17, 15) is 5.11 Å². The van der Waals surface area contributed by atoms with Gasteiger partial charge in [-0.15, -0.1) is 0 Å². The highest BCUT2D eigenvalue weighted by molar-refractivity contribution is 5.67. The van der Waals surface area contributed by atoms with Crippen molar-refractivity contribution in [1.82, 2.24) is 0 Å². The second-order valence-corrected chi connectivity index (χ2v) is 8.82. The van der Waals surface area contributed by atoms with Crippen molar-refractivity contribution in [2.45, 2.75) is 38.5 Å². The molecule has 0 aliphatic heterocycles. The first-order valence-electron chi connectivity index (χ1n) is 9.87. The second kappa shape index (κ2) is 6.96. The number of anilines is 2. The quantitative estimate of drug-likeness (QED) is 0.687. The standard InChI is InChI=1S/C12H12N2.C11H18O/c13-11-5-1-9(2-6-11)10-3-7-12(14)8-4-10;12-7-11-4-8-1-9(5-11)3-10(2-8)6-11/h1-8H,13-14H2;8-10,12H,1-7H2. The molecule has 0 saturated heterocycles. The summed E-state index contributed by atoms with van der Waals surface area (Å²) in [5.41, 5.74) is 15.5. The summed E-state index contributed by atoms with van der Waals surface area (Å²) in [7, 11) is 0. The van der Waals surface area contributed by atoms with Gasteiger partial charge in [-0.3, -0.25) is 0 Å². The lowest BCUT2D eigenvalue weighted by Gasteiger charge is -2.56. The molecule has 26 heavy (non-hydrogen) atoms. The average molecular weight is 351 g/mol. The van der Waals surface area contributed by atoms with Crippen LogP contribution in [0.2, 0.25) is 0 Å². The maximum atomic E-state index is 9.43. The fourth-order valence-electron chi connectivity index (χ4n) is 5.83. The zero-order chi connectivity index (χ0) is 18.1. The normalized spacial score (nSPS) is 31.3. The highest BCUT2D eigenvalue weighted by atomic mass is 16.3. The van der Waals surface area contributed by atoms with Crippen LogP contribution in [0.15, 0.2) is 48.5 Å². The number of nitrogens with two attached hydrogens (primary N) is 2. The largest absolute Gasteiger partial charge is 0.399 e. The third kappa shape index (κ3) is 3.59. The molecule has 6 rings (SSSR count). The van der Waals surface area contributed by atoms with E-state index in [0.29, 0.717) is 12.0 Å². The molecule has 0 spiro atoms. The maximum absolute atomic E-state index is 9.43. The summed E-state index contributed by atoms with van der Waals surface area (Å²) in [5.74, 6) is 2.97. The number of hydrogen-bond donors (Lipinski definition) is 3. The van der Waals surface area contributed by atoms with E-state index in [1.807, 2.05) is 48.5 Å². The monoisotopic (exact) mass is 350 g/mol. The number of aliphatic hydroxyl groups is 1. The van der Waals surface area contributed by atoms with E-state index in [-0.39, 0.29) is 0 Å². The highest BCUT2D eigenvalue weighted by Gasteiger charge is 2.50. The Kier molecular flexibility index (Phi) is 4.66. The summed E-state index contributed by atoms with van der Waals surface area (Å²) in [6, 6.07) is 15.6. The van der Waals surface area contributed by atoms with E-state index in [2.05, 4.69) is 0 Å². The molecule has 5 N–H and O–H groups in total. The van der Waals surface area contributed by atoms with E-state index in [1.165, 1.54) is 38.5 Å². The van der Waals surface area contributed by atoms with Gasteiger partial charge in [0.15, 0.2) is 0 Å². The zero-order valence-corrected chi connectivity index (χ0v) is 15.4. The van der Waals surface area contributed by atoms with Crippen molar-refractivity contribution in [3.8, 4) is 11.1 Å². The predicted octanol–water partition coefficient (Wildman–Crippen LogP) is 4.71. The van der Waals surface area contributed by atoms with Crippen molar-refractivity contribution >= 4 is 11.4 Å². The van der Waals surface area contributed by atoms with Crippen molar-refractivity contribution in [2.24, 2.45) is 23.2 Å². The second-order valence-electron chi connectivity index (χ2n) is 8.82. The Labute approximate surface area is 156 Å². The molecule has 4 fully saturated rings. The minimum absolute atomic E-state index is 0.398. The molecule has 4 saturated carbocycles. The lowest BCUT2D eigenvalue weighted by molar-refractivity contribution is -0.0798. The summed E-state index contributed by atoms with van der Waals surface area (Å²) < 4.78 is 0. The molecule has 2 aromatic carbocycles. The van der Waals surface area contributed by atoms with Crippen molar-refractivity contribution in [1.29, 1.82) is 0 Å². The molecule has 0 heterocycles. The van der Waals surface area contributed by atoms with E-state index in [1.54, 1.807) is 0 Å². The number of hydrogen-bond acceptors (Lipinski definition) is 3. The summed E-state index contributed by atoms with van der Waals surface area (Å²) in [6.07, 6.45) is 8.48. The summed E-state index contributed by atoms with van der Waals surface area (Å²) in [5, 5.41) is 9.43. The van der Waals surface area contributed by atoms with Gasteiger partial charge in [-0.2, -0.15) is 0 Å². The molecule has 138 valence electrons. The Morgan fingerprint density at radius 2 is 1.04 bits per heavy atom. The van der Waals surface area contributed by atoms with Crippen molar-refractivity contribution in [3.63, 3.8) is 0 Å². The molecule has 0 radical (unpaired) electrons. The van der Waals surface area contributed by atoms with E-state index < -0.39 is 0 Å².